The highest BCUT2D eigenvalue weighted by molar-refractivity contribution is 6.30. The van der Waals surface area contributed by atoms with Gasteiger partial charge in [-0.2, -0.15) is 0 Å². The van der Waals surface area contributed by atoms with Gasteiger partial charge < -0.3 is 14.0 Å². The maximum Gasteiger partial charge on any atom is 0.340 e. The average Bonchev–Trinajstić information content (AvgIpc) is 3.00. The number of methoxy groups -OCH3 is 1. The normalized spacial score (nSPS) is 10.7. The van der Waals surface area contributed by atoms with Crippen LogP contribution < -0.4 is 4.74 Å². The van der Waals surface area contributed by atoms with E-state index >= 15 is 0 Å². The number of hydrogen-bond acceptors (Lipinski definition) is 4. The molecule has 0 atom stereocenters. The van der Waals surface area contributed by atoms with Crippen molar-refractivity contribution in [2.75, 3.05) is 13.7 Å². The van der Waals surface area contributed by atoms with Crippen molar-refractivity contribution in [1.82, 2.24) is 4.57 Å². The molecule has 1 aromatic heterocycles. The molecular weight excluding hydrogens is 397 g/mol. The number of Topliss-reactive ketones (excluding diaryl/α,β-unsaturated/α-hetero) is 1. The highest BCUT2D eigenvalue weighted by Crippen LogP contribution is 2.30. The lowest BCUT2D eigenvalue weighted by molar-refractivity contribution is 0.0473. The van der Waals surface area contributed by atoms with E-state index in [-0.39, 0.29) is 5.56 Å². The molecule has 0 aliphatic carbocycles. The Labute approximate surface area is 172 Å². The number of hydrogen-bond donors (Lipinski definition) is 0. The van der Waals surface area contributed by atoms with E-state index in [4.69, 9.17) is 21.1 Å². The first-order valence-electron chi connectivity index (χ1n) is 8.81. The largest absolute Gasteiger partial charge is 0.495 e. The van der Waals surface area contributed by atoms with Gasteiger partial charge >= 0.3 is 5.97 Å². The quantitative estimate of drug-likeness (QED) is 0.423. The molecule has 0 bridgehead atoms. The van der Waals surface area contributed by atoms with E-state index in [1.165, 1.54) is 18.2 Å². The fourth-order valence-corrected chi connectivity index (χ4v) is 3.32. The van der Waals surface area contributed by atoms with Crippen molar-refractivity contribution < 1.29 is 23.5 Å². The number of halogens is 2. The van der Waals surface area contributed by atoms with Gasteiger partial charge in [-0.3, -0.25) is 4.79 Å². The van der Waals surface area contributed by atoms with Gasteiger partial charge in [-0.05, 0) is 50.2 Å². The molecule has 0 radical (unpaired) electrons. The van der Waals surface area contributed by atoms with Crippen molar-refractivity contribution in [3.05, 3.63) is 81.9 Å². The highest BCUT2D eigenvalue weighted by Gasteiger charge is 2.21. The van der Waals surface area contributed by atoms with E-state index in [9.17, 15) is 14.0 Å². The number of nitrogens with zero attached hydrogens (tertiary/aromatic N) is 1. The van der Waals surface area contributed by atoms with Gasteiger partial charge in [-0.25, -0.2) is 9.18 Å². The van der Waals surface area contributed by atoms with E-state index in [1.54, 1.807) is 44.4 Å². The summed E-state index contributed by atoms with van der Waals surface area (Å²) in [5.41, 5.74) is 2.22. The third-order valence-electron chi connectivity index (χ3n) is 4.54. The Balaban J connectivity index is 1.85. The van der Waals surface area contributed by atoms with Crippen LogP contribution in [0.2, 0.25) is 5.02 Å². The summed E-state index contributed by atoms with van der Waals surface area (Å²) in [6.45, 7) is 3.03. The summed E-state index contributed by atoms with van der Waals surface area (Å²) in [5, 5.41) is 0.521. The minimum Gasteiger partial charge on any atom is -0.495 e. The van der Waals surface area contributed by atoms with Crippen molar-refractivity contribution in [3.8, 4) is 11.4 Å². The lowest BCUT2D eigenvalue weighted by Gasteiger charge is -2.14. The number of benzene rings is 2. The molecule has 29 heavy (non-hydrogen) atoms. The number of carbonyl (C=O) groups excluding carboxylic acids is 2. The molecule has 150 valence electrons. The molecule has 0 saturated heterocycles. The van der Waals surface area contributed by atoms with Crippen molar-refractivity contribution in [2.45, 2.75) is 13.8 Å². The number of rotatable bonds is 6. The van der Waals surface area contributed by atoms with Gasteiger partial charge in [0, 0.05) is 16.4 Å². The van der Waals surface area contributed by atoms with Crippen LogP contribution in [-0.4, -0.2) is 30.0 Å². The fraction of sp³-hybridized carbons (Fsp3) is 0.182. The van der Waals surface area contributed by atoms with Crippen LogP contribution in [0.4, 0.5) is 4.39 Å². The maximum absolute atomic E-state index is 13.7. The first-order chi connectivity index (χ1) is 13.8. The first kappa shape index (κ1) is 20.6. The summed E-state index contributed by atoms with van der Waals surface area (Å²) in [4.78, 5) is 24.7. The lowest BCUT2D eigenvalue weighted by atomic mass is 10.1. The van der Waals surface area contributed by atoms with Crippen LogP contribution in [0.3, 0.4) is 0 Å². The van der Waals surface area contributed by atoms with Gasteiger partial charge in [0.2, 0.25) is 5.78 Å². The first-order valence-corrected chi connectivity index (χ1v) is 9.19. The van der Waals surface area contributed by atoms with Gasteiger partial charge in [-0.1, -0.05) is 23.7 Å². The molecule has 0 N–H and O–H groups in total. The molecule has 0 unspecified atom stereocenters. The second kappa shape index (κ2) is 8.49. The fourth-order valence-electron chi connectivity index (χ4n) is 3.15. The number of esters is 1. The van der Waals surface area contributed by atoms with Crippen LogP contribution in [-0.2, 0) is 4.74 Å². The zero-order valence-electron chi connectivity index (χ0n) is 16.2. The Morgan fingerprint density at radius 2 is 1.79 bits per heavy atom. The number of carbonyl (C=O) groups is 2. The van der Waals surface area contributed by atoms with Crippen molar-refractivity contribution in [1.29, 1.82) is 0 Å². The van der Waals surface area contributed by atoms with E-state index in [2.05, 4.69) is 0 Å². The maximum atomic E-state index is 13.7. The van der Waals surface area contributed by atoms with Gasteiger partial charge in [0.15, 0.2) is 6.61 Å². The summed E-state index contributed by atoms with van der Waals surface area (Å²) < 4.78 is 26.1. The lowest BCUT2D eigenvalue weighted by Crippen LogP contribution is -2.16. The summed E-state index contributed by atoms with van der Waals surface area (Å²) in [6, 6.07) is 12.4. The standard InChI is InChI=1S/C22H19ClFNO4/c1-13-10-17(14(2)25(13)19-11-15(23)8-9-21(19)28-3)22(27)29-12-20(26)16-6-4-5-7-18(16)24/h4-11H,12H2,1-3H3. The van der Waals surface area contributed by atoms with Gasteiger partial charge in [0.1, 0.15) is 11.6 Å². The Kier molecular flexibility index (Phi) is 6.03. The number of aryl methyl sites for hydroxylation is 1. The Bertz CT molecular complexity index is 1090. The number of ketones is 1. The van der Waals surface area contributed by atoms with E-state index in [0.717, 1.165) is 5.69 Å². The molecule has 1 heterocycles. The molecular formula is C22H19ClFNO4. The third-order valence-corrected chi connectivity index (χ3v) is 4.78. The Morgan fingerprint density at radius 1 is 1.07 bits per heavy atom. The second-order valence-corrected chi connectivity index (χ2v) is 6.85. The van der Waals surface area contributed by atoms with Crippen molar-refractivity contribution >= 4 is 23.4 Å². The third kappa shape index (κ3) is 4.17. The molecule has 7 heteroatoms. The van der Waals surface area contributed by atoms with Gasteiger partial charge in [-0.15, -0.1) is 0 Å². The molecule has 2 aromatic carbocycles. The topological polar surface area (TPSA) is 57.5 Å². The van der Waals surface area contributed by atoms with Crippen LogP contribution in [0.5, 0.6) is 5.75 Å². The molecule has 5 nitrogen and oxygen atoms in total. The minimum atomic E-state index is -0.671. The molecule has 0 aliphatic rings. The molecule has 3 aromatic rings. The van der Waals surface area contributed by atoms with Gasteiger partial charge in [0.25, 0.3) is 0 Å². The smallest absolute Gasteiger partial charge is 0.340 e. The number of aromatic nitrogens is 1. The van der Waals surface area contributed by atoms with E-state index < -0.39 is 24.2 Å². The SMILES string of the molecule is COc1ccc(Cl)cc1-n1c(C)cc(C(=O)OCC(=O)c2ccccc2F)c1C. The summed E-state index contributed by atoms with van der Waals surface area (Å²) in [7, 11) is 1.55. The number of ether oxygens (including phenoxy) is 2. The zero-order chi connectivity index (χ0) is 21.1. The van der Waals surface area contributed by atoms with Crippen LogP contribution in [0, 0.1) is 19.7 Å². The minimum absolute atomic E-state index is 0.116. The summed E-state index contributed by atoms with van der Waals surface area (Å²) in [5.74, 6) is -1.34. The van der Waals surface area contributed by atoms with E-state index in [1.807, 2.05) is 11.5 Å². The van der Waals surface area contributed by atoms with E-state index in [0.29, 0.717) is 27.7 Å². The predicted octanol–water partition coefficient (Wildman–Crippen LogP) is 4.93. The zero-order valence-corrected chi connectivity index (χ0v) is 16.9. The van der Waals surface area contributed by atoms with Crippen LogP contribution in [0.15, 0.2) is 48.5 Å². The van der Waals surface area contributed by atoms with Crippen LogP contribution in [0.25, 0.3) is 5.69 Å². The monoisotopic (exact) mass is 415 g/mol. The van der Waals surface area contributed by atoms with Crippen LogP contribution >= 0.6 is 11.6 Å². The van der Waals surface area contributed by atoms with Crippen molar-refractivity contribution in [2.24, 2.45) is 0 Å². The highest BCUT2D eigenvalue weighted by atomic mass is 35.5. The molecule has 0 aliphatic heterocycles. The van der Waals surface area contributed by atoms with Crippen molar-refractivity contribution in [3.63, 3.8) is 0 Å². The summed E-state index contributed by atoms with van der Waals surface area (Å²) in [6.07, 6.45) is 0. The average molecular weight is 416 g/mol. The Hall–Kier alpha value is -3.12. The molecule has 0 fully saturated rings. The Morgan fingerprint density at radius 3 is 2.48 bits per heavy atom. The van der Waals surface area contributed by atoms with Gasteiger partial charge in [0.05, 0.1) is 23.9 Å². The molecule has 0 saturated carbocycles. The molecule has 0 spiro atoms. The predicted molar refractivity (Wildman–Crippen MR) is 108 cm³/mol. The summed E-state index contributed by atoms with van der Waals surface area (Å²) >= 11 is 6.12. The van der Waals surface area contributed by atoms with Crippen LogP contribution in [0.1, 0.15) is 32.1 Å². The second-order valence-electron chi connectivity index (χ2n) is 6.42. The molecule has 3 rings (SSSR count). The molecule has 0 amide bonds.